The molecule has 1 atom stereocenters. The van der Waals surface area contributed by atoms with E-state index in [1.807, 2.05) is 31.2 Å². The molecule has 4 heterocycles. The third-order valence-electron chi connectivity index (χ3n) is 6.94. The Labute approximate surface area is 211 Å². The molecule has 0 aliphatic carbocycles. The van der Waals surface area contributed by atoms with E-state index in [0.717, 1.165) is 23.1 Å². The fourth-order valence-electron chi connectivity index (χ4n) is 4.96. The monoisotopic (exact) mass is 491 g/mol. The summed E-state index contributed by atoms with van der Waals surface area (Å²) in [6.45, 7) is 2.25. The van der Waals surface area contributed by atoms with Crippen LogP contribution in [-0.2, 0) is 23.3 Å². The number of carbonyl (C=O) groups excluding carboxylic acids is 3. The molecular weight excluding hydrogens is 470 g/mol. The van der Waals surface area contributed by atoms with Gasteiger partial charge in [-0.05, 0) is 47.9 Å². The summed E-state index contributed by atoms with van der Waals surface area (Å²) in [6.07, 6.45) is 2.34. The van der Waals surface area contributed by atoms with Crippen molar-refractivity contribution < 1.29 is 18.8 Å². The van der Waals surface area contributed by atoms with Gasteiger partial charge in [0.15, 0.2) is 11.1 Å². The van der Waals surface area contributed by atoms with E-state index < -0.39 is 17.5 Å². The van der Waals surface area contributed by atoms with Crippen LogP contribution in [0, 0.1) is 11.3 Å². The number of aromatic nitrogens is 1. The van der Waals surface area contributed by atoms with Crippen LogP contribution in [0.25, 0.3) is 22.2 Å². The van der Waals surface area contributed by atoms with Crippen LogP contribution in [-0.4, -0.2) is 34.3 Å². The highest BCUT2D eigenvalue weighted by Crippen LogP contribution is 2.35. The maximum atomic E-state index is 13.3. The van der Waals surface area contributed by atoms with Crippen molar-refractivity contribution in [3.8, 4) is 17.3 Å². The third-order valence-corrected chi connectivity index (χ3v) is 6.94. The van der Waals surface area contributed by atoms with Gasteiger partial charge in [-0.1, -0.05) is 31.2 Å². The number of nitriles is 1. The Hall–Kier alpha value is -4.97. The number of nitrogens with zero attached hydrogens (tertiary/aromatic N) is 3. The Balaban J connectivity index is 1.38. The highest BCUT2D eigenvalue weighted by atomic mass is 16.3. The topological polar surface area (TPSA) is 128 Å². The number of furan rings is 1. The lowest BCUT2D eigenvalue weighted by Crippen LogP contribution is -2.52. The Morgan fingerprint density at radius 3 is 2.76 bits per heavy atom. The molecule has 1 saturated heterocycles. The molecule has 0 radical (unpaired) electrons. The van der Waals surface area contributed by atoms with Crippen LogP contribution in [0.5, 0.6) is 0 Å². The lowest BCUT2D eigenvalue weighted by Gasteiger charge is -2.29. The van der Waals surface area contributed by atoms with Crippen molar-refractivity contribution in [3.05, 3.63) is 88.8 Å². The van der Waals surface area contributed by atoms with Gasteiger partial charge in [0.1, 0.15) is 5.76 Å². The van der Waals surface area contributed by atoms with Crippen LogP contribution in [0.1, 0.15) is 39.7 Å². The van der Waals surface area contributed by atoms with Gasteiger partial charge >= 0.3 is 6.03 Å². The molecule has 4 aromatic rings. The normalized spacial score (nSPS) is 18.6. The number of fused-ring (bicyclic) bond motifs is 2. The molecule has 9 nitrogen and oxygen atoms in total. The molecule has 2 aromatic heterocycles. The van der Waals surface area contributed by atoms with E-state index >= 15 is 0 Å². The first-order valence-electron chi connectivity index (χ1n) is 11.9. The number of imide groups is 1. The first-order chi connectivity index (χ1) is 17.9. The van der Waals surface area contributed by atoms with Crippen LogP contribution >= 0.6 is 0 Å². The van der Waals surface area contributed by atoms with Crippen molar-refractivity contribution >= 4 is 28.8 Å². The highest BCUT2D eigenvalue weighted by Gasteiger charge is 2.53. The Kier molecular flexibility index (Phi) is 5.05. The third kappa shape index (κ3) is 3.62. The first-order valence-corrected chi connectivity index (χ1v) is 11.9. The van der Waals surface area contributed by atoms with Crippen molar-refractivity contribution in [1.29, 1.82) is 5.26 Å². The molecule has 2 aromatic carbocycles. The summed E-state index contributed by atoms with van der Waals surface area (Å²) in [5, 5.41) is 14.9. The highest BCUT2D eigenvalue weighted by molar-refractivity contribution is 6.08. The number of benzene rings is 2. The molecule has 0 bridgehead atoms. The van der Waals surface area contributed by atoms with Gasteiger partial charge < -0.3 is 14.6 Å². The molecule has 0 unspecified atom stereocenters. The van der Waals surface area contributed by atoms with E-state index in [0.29, 0.717) is 34.3 Å². The summed E-state index contributed by atoms with van der Waals surface area (Å²) in [5.74, 6) is -0.589. The van der Waals surface area contributed by atoms with Gasteiger partial charge in [0, 0.05) is 23.1 Å². The van der Waals surface area contributed by atoms with Crippen molar-refractivity contribution in [2.45, 2.75) is 25.4 Å². The molecule has 1 fully saturated rings. The molecule has 9 heteroatoms. The fraction of sp³-hybridized carbons (Fsp3) is 0.179. The van der Waals surface area contributed by atoms with E-state index in [2.05, 4.69) is 21.7 Å². The van der Waals surface area contributed by atoms with Crippen LogP contribution in [0.15, 0.2) is 65.2 Å². The predicted octanol–water partition coefficient (Wildman–Crippen LogP) is 3.62. The number of rotatable bonds is 5. The predicted molar refractivity (Wildman–Crippen MR) is 133 cm³/mol. The molecule has 2 aliphatic heterocycles. The second-order valence-electron chi connectivity index (χ2n) is 9.23. The molecule has 2 N–H and O–H groups in total. The van der Waals surface area contributed by atoms with Gasteiger partial charge in [-0.25, -0.2) is 4.79 Å². The van der Waals surface area contributed by atoms with Crippen LogP contribution in [0.2, 0.25) is 0 Å². The van der Waals surface area contributed by atoms with E-state index in [-0.39, 0.29) is 18.2 Å². The average molecular weight is 492 g/mol. The zero-order valence-corrected chi connectivity index (χ0v) is 19.9. The largest absolute Gasteiger partial charge is 0.456 e. The van der Waals surface area contributed by atoms with Gasteiger partial charge in [0.05, 0.1) is 30.1 Å². The lowest BCUT2D eigenvalue weighted by atomic mass is 9.95. The first kappa shape index (κ1) is 22.5. The number of pyridine rings is 1. The second-order valence-corrected chi connectivity index (χ2v) is 9.23. The summed E-state index contributed by atoms with van der Waals surface area (Å²) >= 11 is 0. The van der Waals surface area contributed by atoms with E-state index in [1.54, 1.807) is 41.4 Å². The summed E-state index contributed by atoms with van der Waals surface area (Å²) in [7, 11) is 0. The summed E-state index contributed by atoms with van der Waals surface area (Å²) in [5.41, 5.74) is 3.27. The number of nitrogens with one attached hydrogen (secondary N) is 2. The van der Waals surface area contributed by atoms with Crippen LogP contribution in [0.3, 0.4) is 0 Å². The molecule has 2 aliphatic rings. The Morgan fingerprint density at radius 2 is 2.00 bits per heavy atom. The SMILES string of the molecule is CCc1ccc2c(c1)C(=O)N(C[C@@]1(c3cc4cc(-c5cccc(C#N)c5)ncc4o3)NC(=O)NC1=O)C2. The summed E-state index contributed by atoms with van der Waals surface area (Å²) in [6, 6.07) is 17.8. The molecule has 0 spiro atoms. The van der Waals surface area contributed by atoms with Crippen molar-refractivity contribution in [1.82, 2.24) is 20.5 Å². The number of hydrogen-bond donors (Lipinski definition) is 2. The van der Waals surface area contributed by atoms with E-state index in [4.69, 9.17) is 4.42 Å². The molecule has 37 heavy (non-hydrogen) atoms. The molecule has 6 rings (SSSR count). The smallest absolute Gasteiger partial charge is 0.322 e. The van der Waals surface area contributed by atoms with Gasteiger partial charge in [0.2, 0.25) is 0 Å². The molecule has 0 saturated carbocycles. The van der Waals surface area contributed by atoms with Crippen molar-refractivity contribution in [3.63, 3.8) is 0 Å². The van der Waals surface area contributed by atoms with Crippen LogP contribution in [0.4, 0.5) is 4.79 Å². The van der Waals surface area contributed by atoms with E-state index in [1.165, 1.54) is 0 Å². The minimum absolute atomic E-state index is 0.0934. The molecular formula is C28H21N5O4. The number of hydrogen-bond acceptors (Lipinski definition) is 6. The quantitative estimate of drug-likeness (QED) is 0.411. The standard InChI is InChI=1S/C28H21N5O4/c1-2-16-6-7-19-14-33(25(34)21(19)9-16)15-28(26(35)31-27(36)32-28)24-11-20-10-22(30-13-23(20)37-24)18-5-3-4-17(8-18)12-29/h3-11,13H,2,14-15H2,1H3,(H2,31,32,35,36)/t28-/m0/s1. The van der Waals surface area contributed by atoms with Gasteiger partial charge in [-0.2, -0.15) is 5.26 Å². The van der Waals surface area contributed by atoms with E-state index in [9.17, 15) is 19.6 Å². The number of carbonyl (C=O) groups is 3. The zero-order chi connectivity index (χ0) is 25.7. The maximum Gasteiger partial charge on any atom is 0.322 e. The van der Waals surface area contributed by atoms with Crippen LogP contribution < -0.4 is 10.6 Å². The Morgan fingerprint density at radius 1 is 1.14 bits per heavy atom. The van der Waals surface area contributed by atoms with Crippen molar-refractivity contribution in [2.75, 3.05) is 6.54 Å². The number of urea groups is 1. The number of amides is 4. The fourth-order valence-corrected chi connectivity index (χ4v) is 4.96. The summed E-state index contributed by atoms with van der Waals surface area (Å²) < 4.78 is 6.04. The van der Waals surface area contributed by atoms with Gasteiger partial charge in [0.25, 0.3) is 11.8 Å². The average Bonchev–Trinajstić information content (AvgIpc) is 3.57. The number of aryl methyl sites for hydroxylation is 1. The minimum Gasteiger partial charge on any atom is -0.456 e. The Bertz CT molecular complexity index is 1670. The molecule has 4 amide bonds. The maximum absolute atomic E-state index is 13.3. The lowest BCUT2D eigenvalue weighted by molar-refractivity contribution is -0.125. The van der Waals surface area contributed by atoms with Crippen molar-refractivity contribution in [2.24, 2.45) is 0 Å². The second kappa shape index (κ2) is 8.31. The van der Waals surface area contributed by atoms with Gasteiger partial charge in [-0.15, -0.1) is 0 Å². The molecule has 182 valence electrons. The zero-order valence-electron chi connectivity index (χ0n) is 19.9. The summed E-state index contributed by atoms with van der Waals surface area (Å²) in [4.78, 5) is 44.7. The van der Waals surface area contributed by atoms with Gasteiger partial charge in [-0.3, -0.25) is 19.9 Å². The minimum atomic E-state index is -1.59.